The molecule has 0 fully saturated rings. The molecule has 0 spiro atoms. The smallest absolute Gasteiger partial charge is 0.0587 e. The molecule has 4 N–H and O–H groups in total. The van der Waals surface area contributed by atoms with E-state index in [1.54, 1.807) is 0 Å². The predicted octanol–water partition coefficient (Wildman–Crippen LogP) is 4.39. The first kappa shape index (κ1) is 23.8. The molecule has 146 valence electrons. The van der Waals surface area contributed by atoms with Crippen molar-refractivity contribution in [2.45, 2.75) is 110 Å². The summed E-state index contributed by atoms with van der Waals surface area (Å²) in [5, 5.41) is 0. The van der Waals surface area contributed by atoms with Crippen LogP contribution in [0.15, 0.2) is 0 Å². The second-order valence-electron chi connectivity index (χ2n) is 6.96. The molecule has 0 aliphatic heterocycles. The molecule has 0 aromatic rings. The molecule has 4 nitrogen and oxygen atoms in total. The highest BCUT2D eigenvalue weighted by atomic mass is 16.5. The maximum Gasteiger partial charge on any atom is 0.0587 e. The van der Waals surface area contributed by atoms with E-state index in [4.69, 9.17) is 20.9 Å². The van der Waals surface area contributed by atoms with Gasteiger partial charge in [-0.3, -0.25) is 0 Å². The zero-order valence-electron chi connectivity index (χ0n) is 16.6. The van der Waals surface area contributed by atoms with E-state index in [2.05, 4.69) is 20.8 Å². The Morgan fingerprint density at radius 2 is 1.42 bits per heavy atom. The highest BCUT2D eigenvalue weighted by molar-refractivity contribution is 4.71. The maximum absolute atomic E-state index is 6.33. The first-order valence-corrected chi connectivity index (χ1v) is 10.4. The van der Waals surface area contributed by atoms with Crippen molar-refractivity contribution in [3.05, 3.63) is 0 Å². The van der Waals surface area contributed by atoms with Crippen LogP contribution in [0.1, 0.15) is 91.4 Å². The monoisotopic (exact) mass is 344 g/mol. The highest BCUT2D eigenvalue weighted by Gasteiger charge is 2.15. The minimum absolute atomic E-state index is 0.195. The number of hydrogen-bond acceptors (Lipinski definition) is 4. The van der Waals surface area contributed by atoms with Gasteiger partial charge >= 0.3 is 0 Å². The van der Waals surface area contributed by atoms with Crippen LogP contribution < -0.4 is 11.5 Å². The van der Waals surface area contributed by atoms with Gasteiger partial charge in [-0.15, -0.1) is 0 Å². The van der Waals surface area contributed by atoms with E-state index in [9.17, 15) is 0 Å². The molecule has 0 aromatic heterocycles. The summed E-state index contributed by atoms with van der Waals surface area (Å²) >= 11 is 0. The van der Waals surface area contributed by atoms with Gasteiger partial charge in [-0.05, 0) is 51.5 Å². The van der Waals surface area contributed by atoms with Gasteiger partial charge in [0, 0.05) is 19.3 Å². The van der Waals surface area contributed by atoms with Crippen molar-refractivity contribution < 1.29 is 9.47 Å². The van der Waals surface area contributed by atoms with Crippen molar-refractivity contribution in [2.75, 3.05) is 19.8 Å². The molecule has 4 heteroatoms. The summed E-state index contributed by atoms with van der Waals surface area (Å²) in [6.07, 6.45) is 12.8. The van der Waals surface area contributed by atoms with E-state index in [0.29, 0.717) is 12.6 Å². The van der Waals surface area contributed by atoms with E-state index in [-0.39, 0.29) is 12.1 Å². The second kappa shape index (κ2) is 17.7. The van der Waals surface area contributed by atoms with E-state index >= 15 is 0 Å². The van der Waals surface area contributed by atoms with Crippen molar-refractivity contribution in [1.82, 2.24) is 0 Å². The standard InChI is InChI=1S/C20H44N2O2/c1-4-7-9-10-16-23-19(6-3)17-18(22)11-12-20(13-14-21)24-15-8-5-2/h18-20H,4-17,21-22H2,1-3H3. The lowest BCUT2D eigenvalue weighted by Gasteiger charge is -2.23. The van der Waals surface area contributed by atoms with Crippen LogP contribution in [0, 0.1) is 0 Å². The molecule has 0 aliphatic carbocycles. The predicted molar refractivity (Wildman–Crippen MR) is 104 cm³/mol. The summed E-state index contributed by atoms with van der Waals surface area (Å²) in [5.74, 6) is 0. The Morgan fingerprint density at radius 1 is 0.750 bits per heavy atom. The summed E-state index contributed by atoms with van der Waals surface area (Å²) in [6, 6.07) is 0.195. The molecular formula is C20H44N2O2. The number of unbranched alkanes of at least 4 members (excludes halogenated alkanes) is 4. The topological polar surface area (TPSA) is 70.5 Å². The number of ether oxygens (including phenoxy) is 2. The Bertz CT molecular complexity index is 252. The van der Waals surface area contributed by atoms with Crippen LogP contribution in [0.2, 0.25) is 0 Å². The third-order valence-corrected chi connectivity index (χ3v) is 4.57. The van der Waals surface area contributed by atoms with Gasteiger partial charge in [0.25, 0.3) is 0 Å². The Kier molecular flexibility index (Phi) is 17.5. The molecule has 3 unspecified atom stereocenters. The van der Waals surface area contributed by atoms with Crippen molar-refractivity contribution in [3.8, 4) is 0 Å². The normalized spacial score (nSPS) is 15.4. The minimum Gasteiger partial charge on any atom is -0.378 e. The van der Waals surface area contributed by atoms with Gasteiger partial charge in [0.1, 0.15) is 0 Å². The second-order valence-corrected chi connectivity index (χ2v) is 6.96. The molecular weight excluding hydrogens is 300 g/mol. The van der Waals surface area contributed by atoms with Crippen LogP contribution in [-0.4, -0.2) is 38.0 Å². The first-order chi connectivity index (χ1) is 11.7. The van der Waals surface area contributed by atoms with Gasteiger partial charge in [-0.1, -0.05) is 46.5 Å². The molecule has 0 rings (SSSR count). The lowest BCUT2D eigenvalue weighted by molar-refractivity contribution is 0.0274. The molecule has 0 heterocycles. The van der Waals surface area contributed by atoms with E-state index in [1.807, 2.05) is 0 Å². The summed E-state index contributed by atoms with van der Waals surface area (Å²) in [4.78, 5) is 0. The zero-order chi connectivity index (χ0) is 18.0. The molecule has 3 atom stereocenters. The highest BCUT2D eigenvalue weighted by Crippen LogP contribution is 2.14. The van der Waals surface area contributed by atoms with Gasteiger partial charge in [0.05, 0.1) is 12.2 Å². The van der Waals surface area contributed by atoms with Crippen LogP contribution in [0.5, 0.6) is 0 Å². The van der Waals surface area contributed by atoms with Gasteiger partial charge in [-0.25, -0.2) is 0 Å². The number of rotatable bonds is 18. The van der Waals surface area contributed by atoms with E-state index in [1.165, 1.54) is 32.1 Å². The van der Waals surface area contributed by atoms with Gasteiger partial charge < -0.3 is 20.9 Å². The Labute approximate surface area is 151 Å². The fraction of sp³-hybridized carbons (Fsp3) is 1.00. The van der Waals surface area contributed by atoms with Crippen LogP contribution in [0.25, 0.3) is 0 Å². The Morgan fingerprint density at radius 3 is 2.04 bits per heavy atom. The first-order valence-electron chi connectivity index (χ1n) is 10.4. The quantitative estimate of drug-likeness (QED) is 0.362. The fourth-order valence-electron chi connectivity index (χ4n) is 2.88. The largest absolute Gasteiger partial charge is 0.378 e. The van der Waals surface area contributed by atoms with Crippen LogP contribution in [-0.2, 0) is 9.47 Å². The molecule has 0 aliphatic rings. The number of nitrogens with two attached hydrogens (primary N) is 2. The van der Waals surface area contributed by atoms with E-state index in [0.717, 1.165) is 51.7 Å². The molecule has 0 saturated carbocycles. The lowest BCUT2D eigenvalue weighted by Crippen LogP contribution is -2.30. The van der Waals surface area contributed by atoms with Crippen LogP contribution in [0.3, 0.4) is 0 Å². The van der Waals surface area contributed by atoms with Crippen LogP contribution in [0.4, 0.5) is 0 Å². The van der Waals surface area contributed by atoms with Crippen molar-refractivity contribution in [3.63, 3.8) is 0 Å². The Balaban J connectivity index is 3.93. The molecule has 0 bridgehead atoms. The van der Waals surface area contributed by atoms with Gasteiger partial charge in [-0.2, -0.15) is 0 Å². The van der Waals surface area contributed by atoms with Crippen molar-refractivity contribution >= 4 is 0 Å². The molecule has 24 heavy (non-hydrogen) atoms. The van der Waals surface area contributed by atoms with Crippen LogP contribution >= 0.6 is 0 Å². The maximum atomic E-state index is 6.33. The third-order valence-electron chi connectivity index (χ3n) is 4.57. The summed E-state index contributed by atoms with van der Waals surface area (Å²) in [5.41, 5.74) is 12.0. The van der Waals surface area contributed by atoms with Gasteiger partial charge in [0.15, 0.2) is 0 Å². The summed E-state index contributed by atoms with van der Waals surface area (Å²) in [6.45, 7) is 9.01. The summed E-state index contributed by atoms with van der Waals surface area (Å²) in [7, 11) is 0. The SMILES string of the molecule is CCCCCCOC(CC)CC(N)CCC(CCN)OCCCC. The molecule has 0 aromatic carbocycles. The lowest BCUT2D eigenvalue weighted by atomic mass is 10.0. The zero-order valence-corrected chi connectivity index (χ0v) is 16.6. The summed E-state index contributed by atoms with van der Waals surface area (Å²) < 4.78 is 12.0. The van der Waals surface area contributed by atoms with Crippen molar-refractivity contribution in [1.29, 1.82) is 0 Å². The third kappa shape index (κ3) is 14.2. The average Bonchev–Trinajstić information content (AvgIpc) is 2.58. The Hall–Kier alpha value is -0.160. The van der Waals surface area contributed by atoms with Crippen molar-refractivity contribution in [2.24, 2.45) is 11.5 Å². The fourth-order valence-corrected chi connectivity index (χ4v) is 2.88. The molecule has 0 saturated heterocycles. The van der Waals surface area contributed by atoms with Gasteiger partial charge in [0.2, 0.25) is 0 Å². The molecule has 0 radical (unpaired) electrons. The minimum atomic E-state index is 0.195. The molecule has 0 amide bonds. The number of hydrogen-bond donors (Lipinski definition) is 2. The van der Waals surface area contributed by atoms with E-state index < -0.39 is 0 Å². The average molecular weight is 345 g/mol.